The van der Waals surface area contributed by atoms with Crippen molar-refractivity contribution in [2.24, 2.45) is 5.10 Å². The summed E-state index contributed by atoms with van der Waals surface area (Å²) in [6.07, 6.45) is 0.719. The Labute approximate surface area is 162 Å². The van der Waals surface area contributed by atoms with E-state index >= 15 is 0 Å². The van der Waals surface area contributed by atoms with E-state index in [9.17, 15) is 18.0 Å². The molecule has 0 aliphatic carbocycles. The van der Waals surface area contributed by atoms with Crippen molar-refractivity contribution >= 4 is 38.4 Å². The quantitative estimate of drug-likeness (QED) is 0.785. The van der Waals surface area contributed by atoms with Crippen LogP contribution in [0.15, 0.2) is 29.4 Å². The van der Waals surface area contributed by atoms with E-state index in [2.05, 4.69) is 20.4 Å². The van der Waals surface area contributed by atoms with Crippen LogP contribution in [-0.2, 0) is 19.4 Å². The molecule has 1 aromatic carbocycles. The number of aromatic amines is 1. The molecule has 0 radical (unpaired) electrons. The Morgan fingerprint density at radius 2 is 2.11 bits per heavy atom. The lowest BCUT2D eigenvalue weighted by molar-refractivity contribution is -0.133. The maximum atomic E-state index is 12.7. The number of sulfone groups is 1. The highest BCUT2D eigenvalue weighted by atomic mass is 32.2. The Bertz CT molecular complexity index is 1040. The van der Waals surface area contributed by atoms with Gasteiger partial charge in [-0.1, -0.05) is 12.1 Å². The van der Waals surface area contributed by atoms with Gasteiger partial charge in [-0.3, -0.25) is 9.59 Å². The summed E-state index contributed by atoms with van der Waals surface area (Å²) < 4.78 is 23.4. The molecule has 1 aromatic heterocycles. The van der Waals surface area contributed by atoms with Gasteiger partial charge in [0.15, 0.2) is 9.84 Å². The molecule has 3 heterocycles. The number of hydrazone groups is 1. The van der Waals surface area contributed by atoms with E-state index in [4.69, 9.17) is 0 Å². The average molecular weight is 403 g/mol. The molecular weight excluding hydrogens is 382 g/mol. The predicted molar refractivity (Wildman–Crippen MR) is 103 cm³/mol. The number of para-hydroxylation sites is 2. The van der Waals surface area contributed by atoms with Crippen molar-refractivity contribution in [2.75, 3.05) is 11.5 Å². The molecule has 0 saturated carbocycles. The van der Waals surface area contributed by atoms with Crippen LogP contribution >= 0.6 is 0 Å². The number of aromatic nitrogens is 2. The van der Waals surface area contributed by atoms with Gasteiger partial charge in [0.25, 0.3) is 5.91 Å². The second-order valence-corrected chi connectivity index (χ2v) is 9.40. The Morgan fingerprint density at radius 3 is 2.82 bits per heavy atom. The summed E-state index contributed by atoms with van der Waals surface area (Å²) >= 11 is 0. The Hall–Kier alpha value is -2.75. The Kier molecular flexibility index (Phi) is 4.66. The monoisotopic (exact) mass is 403 g/mol. The van der Waals surface area contributed by atoms with Crippen LogP contribution in [0.5, 0.6) is 0 Å². The summed E-state index contributed by atoms with van der Waals surface area (Å²) in [5.41, 5.74) is 1.92. The first-order valence-corrected chi connectivity index (χ1v) is 11.0. The van der Waals surface area contributed by atoms with Gasteiger partial charge in [-0.05, 0) is 25.5 Å². The molecule has 2 aliphatic heterocycles. The molecule has 28 heavy (non-hydrogen) atoms. The summed E-state index contributed by atoms with van der Waals surface area (Å²) in [7, 11) is -3.15. The van der Waals surface area contributed by atoms with E-state index in [0.29, 0.717) is 12.2 Å². The normalized spacial score (nSPS) is 22.9. The third kappa shape index (κ3) is 3.64. The predicted octanol–water partition coefficient (Wildman–Crippen LogP) is 0.906. The first kappa shape index (κ1) is 18.6. The molecule has 1 saturated heterocycles. The third-order valence-corrected chi connectivity index (χ3v) is 6.79. The van der Waals surface area contributed by atoms with Gasteiger partial charge >= 0.3 is 0 Å². The zero-order valence-corrected chi connectivity index (χ0v) is 16.2. The number of imidazole rings is 1. The van der Waals surface area contributed by atoms with Gasteiger partial charge in [0, 0.05) is 12.8 Å². The molecular formula is C18H21N5O4S. The fourth-order valence-corrected chi connectivity index (χ4v) is 5.21. The van der Waals surface area contributed by atoms with Crippen molar-refractivity contribution in [2.45, 2.75) is 38.3 Å². The minimum atomic E-state index is -3.15. The number of H-pyrrole nitrogens is 1. The number of benzene rings is 1. The summed E-state index contributed by atoms with van der Waals surface area (Å²) in [4.78, 5) is 32.5. The SMILES string of the molecule is C[C@H](NC(=O)C1=NN([C@H]2CCS(=O)(=O)C2)C(=O)CC1)c1nc2ccccc2[nH]1. The molecule has 2 atom stereocenters. The van der Waals surface area contributed by atoms with Crippen molar-refractivity contribution in [3.05, 3.63) is 30.1 Å². The zero-order chi connectivity index (χ0) is 19.9. The van der Waals surface area contributed by atoms with Gasteiger partial charge in [-0.25, -0.2) is 18.4 Å². The van der Waals surface area contributed by atoms with Crippen molar-refractivity contribution < 1.29 is 18.0 Å². The molecule has 2 N–H and O–H groups in total. The van der Waals surface area contributed by atoms with Gasteiger partial charge in [0.2, 0.25) is 5.91 Å². The van der Waals surface area contributed by atoms with E-state index in [1.54, 1.807) is 0 Å². The molecule has 148 valence electrons. The third-order valence-electron chi connectivity index (χ3n) is 5.04. The van der Waals surface area contributed by atoms with Crippen LogP contribution in [0.25, 0.3) is 11.0 Å². The van der Waals surface area contributed by atoms with E-state index in [1.807, 2.05) is 31.2 Å². The molecule has 10 heteroatoms. The zero-order valence-electron chi connectivity index (χ0n) is 15.4. The number of nitrogens with zero attached hydrogens (tertiary/aromatic N) is 3. The molecule has 2 aromatic rings. The highest BCUT2D eigenvalue weighted by Crippen LogP contribution is 2.22. The maximum Gasteiger partial charge on any atom is 0.268 e. The van der Waals surface area contributed by atoms with Crippen LogP contribution in [0.2, 0.25) is 0 Å². The van der Waals surface area contributed by atoms with Gasteiger partial charge in [-0.2, -0.15) is 5.10 Å². The highest BCUT2D eigenvalue weighted by molar-refractivity contribution is 7.91. The van der Waals surface area contributed by atoms with Crippen LogP contribution in [0.1, 0.15) is 38.1 Å². The maximum absolute atomic E-state index is 12.7. The van der Waals surface area contributed by atoms with Gasteiger partial charge in [0.1, 0.15) is 11.5 Å². The first-order valence-electron chi connectivity index (χ1n) is 9.18. The Morgan fingerprint density at radius 1 is 1.32 bits per heavy atom. The van der Waals surface area contributed by atoms with Crippen LogP contribution < -0.4 is 5.32 Å². The lowest BCUT2D eigenvalue weighted by Gasteiger charge is -2.27. The fraction of sp³-hybridized carbons (Fsp3) is 0.444. The number of hydrogen-bond acceptors (Lipinski definition) is 6. The number of rotatable bonds is 4. The number of nitrogens with one attached hydrogen (secondary N) is 2. The van der Waals surface area contributed by atoms with Gasteiger partial charge in [-0.15, -0.1) is 0 Å². The number of amides is 2. The van der Waals surface area contributed by atoms with E-state index < -0.39 is 15.9 Å². The Balaban J connectivity index is 1.48. The molecule has 0 bridgehead atoms. The fourth-order valence-electron chi connectivity index (χ4n) is 3.51. The molecule has 2 amide bonds. The second kappa shape index (κ2) is 7.01. The minimum Gasteiger partial charge on any atom is -0.341 e. The summed E-state index contributed by atoms with van der Waals surface area (Å²) in [5, 5.41) is 8.23. The molecule has 0 spiro atoms. The van der Waals surface area contributed by atoms with Crippen molar-refractivity contribution in [1.29, 1.82) is 0 Å². The summed E-state index contributed by atoms with van der Waals surface area (Å²) in [6.45, 7) is 1.81. The average Bonchev–Trinajstić information content (AvgIpc) is 3.25. The minimum absolute atomic E-state index is 0.0432. The smallest absolute Gasteiger partial charge is 0.268 e. The highest BCUT2D eigenvalue weighted by Gasteiger charge is 2.37. The lowest BCUT2D eigenvalue weighted by atomic mass is 10.1. The van der Waals surface area contributed by atoms with Gasteiger partial charge in [0.05, 0.1) is 34.6 Å². The standard InChI is InChI=1S/C18H21N5O4S/c1-11(17-20-13-4-2-3-5-14(13)21-17)19-18(25)15-6-7-16(24)23(22-15)12-8-9-28(26,27)10-12/h2-5,11-12H,6-10H2,1H3,(H,19,25)(H,20,21)/t11-,12-/m0/s1. The number of carbonyl (C=O) groups excluding carboxylic acids is 2. The number of hydrogen-bond donors (Lipinski definition) is 2. The summed E-state index contributed by atoms with van der Waals surface area (Å²) in [6, 6.07) is 6.72. The molecule has 2 aliphatic rings. The van der Waals surface area contributed by atoms with E-state index in [0.717, 1.165) is 11.0 Å². The van der Waals surface area contributed by atoms with Crippen molar-refractivity contribution in [3.8, 4) is 0 Å². The van der Waals surface area contributed by atoms with Crippen molar-refractivity contribution in [1.82, 2.24) is 20.3 Å². The van der Waals surface area contributed by atoms with E-state index in [-0.39, 0.29) is 47.9 Å². The van der Waals surface area contributed by atoms with E-state index in [1.165, 1.54) is 5.01 Å². The van der Waals surface area contributed by atoms with Crippen LogP contribution in [0.3, 0.4) is 0 Å². The van der Waals surface area contributed by atoms with Crippen LogP contribution in [0, 0.1) is 0 Å². The molecule has 9 nitrogen and oxygen atoms in total. The first-order chi connectivity index (χ1) is 13.3. The molecule has 0 unspecified atom stereocenters. The van der Waals surface area contributed by atoms with Crippen molar-refractivity contribution in [3.63, 3.8) is 0 Å². The topological polar surface area (TPSA) is 125 Å². The van der Waals surface area contributed by atoms with Crippen LogP contribution in [0.4, 0.5) is 0 Å². The summed E-state index contributed by atoms with van der Waals surface area (Å²) in [5.74, 6) is -0.0650. The molecule has 4 rings (SSSR count). The number of fused-ring (bicyclic) bond motifs is 1. The molecule has 1 fully saturated rings. The second-order valence-electron chi connectivity index (χ2n) is 7.18. The lowest BCUT2D eigenvalue weighted by Crippen LogP contribution is -2.44. The van der Waals surface area contributed by atoms with Gasteiger partial charge < -0.3 is 10.3 Å². The van der Waals surface area contributed by atoms with Crippen LogP contribution in [-0.4, -0.2) is 58.5 Å². The largest absolute Gasteiger partial charge is 0.341 e. The number of carbonyl (C=O) groups is 2.